The van der Waals surface area contributed by atoms with Gasteiger partial charge in [0.25, 0.3) is 0 Å². The van der Waals surface area contributed by atoms with Crippen molar-refractivity contribution < 1.29 is 9.15 Å². The molecule has 29 heavy (non-hydrogen) atoms. The molecule has 7 heteroatoms. The van der Waals surface area contributed by atoms with Gasteiger partial charge in [-0.3, -0.25) is 0 Å². The van der Waals surface area contributed by atoms with E-state index in [0.717, 1.165) is 28.1 Å². The maximum atomic E-state index is 6.20. The van der Waals surface area contributed by atoms with Crippen LogP contribution in [0.5, 0.6) is 5.75 Å². The van der Waals surface area contributed by atoms with Gasteiger partial charge in [-0.2, -0.15) is 5.10 Å². The Morgan fingerprint density at radius 3 is 2.38 bits per heavy atom. The van der Waals surface area contributed by atoms with E-state index in [1.54, 1.807) is 13.2 Å². The van der Waals surface area contributed by atoms with Gasteiger partial charge in [0.2, 0.25) is 5.95 Å². The standard InChI is InChI=1S/C22H19ClN4O2/c1-13-10-14(2)25-22(24-13)27-26-19-12-21(15-4-7-17(28-3)8-5-15)29-20-9-6-16(23)11-18(19)20/h4-12H,1-3H3,(H,24,25,27)/b26-19-. The van der Waals surface area contributed by atoms with E-state index in [9.17, 15) is 0 Å². The van der Waals surface area contributed by atoms with Crippen LogP contribution in [0.25, 0.3) is 22.3 Å². The van der Waals surface area contributed by atoms with Crippen molar-refractivity contribution >= 4 is 28.5 Å². The first kappa shape index (κ1) is 19.0. The number of aryl methyl sites for hydroxylation is 2. The molecule has 2 heterocycles. The second kappa shape index (κ2) is 7.93. The Morgan fingerprint density at radius 2 is 1.69 bits per heavy atom. The number of nitrogens with zero attached hydrogens (tertiary/aromatic N) is 3. The number of halogens is 1. The van der Waals surface area contributed by atoms with E-state index in [4.69, 9.17) is 20.8 Å². The third-order valence-corrected chi connectivity index (χ3v) is 4.57. The van der Waals surface area contributed by atoms with Gasteiger partial charge in [0, 0.05) is 33.4 Å². The number of fused-ring (bicyclic) bond motifs is 1. The van der Waals surface area contributed by atoms with Crippen molar-refractivity contribution in [3.05, 3.63) is 76.4 Å². The summed E-state index contributed by atoms with van der Waals surface area (Å²) in [5, 5.41) is 6.58. The van der Waals surface area contributed by atoms with E-state index in [1.165, 1.54) is 0 Å². The molecule has 0 spiro atoms. The molecule has 2 aromatic carbocycles. The maximum Gasteiger partial charge on any atom is 0.243 e. The van der Waals surface area contributed by atoms with Crippen LogP contribution in [-0.2, 0) is 0 Å². The SMILES string of the molecule is COc1ccc(-c2c/c(=N/Nc3nc(C)cc(C)n3)c3cc(Cl)ccc3o2)cc1. The van der Waals surface area contributed by atoms with Crippen molar-refractivity contribution in [2.45, 2.75) is 13.8 Å². The number of aromatic nitrogens is 2. The molecule has 6 nitrogen and oxygen atoms in total. The first-order chi connectivity index (χ1) is 14.0. The fraction of sp³-hybridized carbons (Fsp3) is 0.136. The zero-order valence-corrected chi connectivity index (χ0v) is 17.0. The lowest BCUT2D eigenvalue weighted by Crippen LogP contribution is -2.09. The van der Waals surface area contributed by atoms with E-state index < -0.39 is 0 Å². The minimum Gasteiger partial charge on any atom is -0.497 e. The molecular weight excluding hydrogens is 388 g/mol. The van der Waals surface area contributed by atoms with E-state index in [-0.39, 0.29) is 0 Å². The van der Waals surface area contributed by atoms with Gasteiger partial charge < -0.3 is 9.15 Å². The summed E-state index contributed by atoms with van der Waals surface area (Å²) in [6.45, 7) is 3.83. The van der Waals surface area contributed by atoms with Crippen molar-refractivity contribution in [3.8, 4) is 17.1 Å². The highest BCUT2D eigenvalue weighted by molar-refractivity contribution is 6.31. The van der Waals surface area contributed by atoms with Crippen LogP contribution in [0.2, 0.25) is 5.02 Å². The molecule has 0 aliphatic rings. The molecule has 2 aromatic heterocycles. The van der Waals surface area contributed by atoms with E-state index >= 15 is 0 Å². The second-order valence-electron chi connectivity index (χ2n) is 6.56. The van der Waals surface area contributed by atoms with Crippen molar-refractivity contribution in [1.29, 1.82) is 0 Å². The molecule has 0 aliphatic heterocycles. The fourth-order valence-corrected chi connectivity index (χ4v) is 3.19. The van der Waals surface area contributed by atoms with Crippen molar-refractivity contribution in [1.82, 2.24) is 9.97 Å². The highest BCUT2D eigenvalue weighted by Gasteiger charge is 2.08. The summed E-state index contributed by atoms with van der Waals surface area (Å²) in [5.41, 5.74) is 6.26. The summed E-state index contributed by atoms with van der Waals surface area (Å²) in [4.78, 5) is 8.73. The smallest absolute Gasteiger partial charge is 0.243 e. The predicted molar refractivity (Wildman–Crippen MR) is 114 cm³/mol. The highest BCUT2D eigenvalue weighted by atomic mass is 35.5. The van der Waals surface area contributed by atoms with Crippen LogP contribution >= 0.6 is 11.6 Å². The second-order valence-corrected chi connectivity index (χ2v) is 7.00. The van der Waals surface area contributed by atoms with Gasteiger partial charge in [-0.05, 0) is 62.4 Å². The van der Waals surface area contributed by atoms with Crippen LogP contribution in [-0.4, -0.2) is 17.1 Å². The van der Waals surface area contributed by atoms with Gasteiger partial charge in [0.15, 0.2) is 0 Å². The Hall–Kier alpha value is -3.38. The Balaban J connectivity index is 1.84. The molecule has 0 aliphatic carbocycles. The number of nitrogens with one attached hydrogen (secondary N) is 1. The number of hydrogen-bond acceptors (Lipinski definition) is 6. The van der Waals surface area contributed by atoms with E-state index in [1.807, 2.05) is 62.4 Å². The predicted octanol–water partition coefficient (Wildman–Crippen LogP) is 5.10. The number of anilines is 1. The monoisotopic (exact) mass is 406 g/mol. The van der Waals surface area contributed by atoms with Crippen LogP contribution in [0.1, 0.15) is 11.4 Å². The first-order valence-corrected chi connectivity index (χ1v) is 9.39. The molecule has 0 saturated carbocycles. The largest absolute Gasteiger partial charge is 0.497 e. The molecular formula is C22H19ClN4O2. The van der Waals surface area contributed by atoms with Gasteiger partial charge in [0.05, 0.1) is 12.5 Å². The summed E-state index contributed by atoms with van der Waals surface area (Å²) in [5.74, 6) is 1.88. The number of benzene rings is 2. The van der Waals surface area contributed by atoms with Crippen LogP contribution in [0.3, 0.4) is 0 Å². The number of ether oxygens (including phenoxy) is 1. The lowest BCUT2D eigenvalue weighted by Gasteiger charge is -2.07. The first-order valence-electron chi connectivity index (χ1n) is 9.02. The van der Waals surface area contributed by atoms with Crippen molar-refractivity contribution in [2.75, 3.05) is 12.5 Å². The zero-order valence-electron chi connectivity index (χ0n) is 16.2. The minimum absolute atomic E-state index is 0.435. The lowest BCUT2D eigenvalue weighted by molar-refractivity contribution is 0.415. The average molecular weight is 407 g/mol. The minimum atomic E-state index is 0.435. The average Bonchev–Trinajstić information content (AvgIpc) is 2.71. The molecule has 0 amide bonds. The van der Waals surface area contributed by atoms with Crippen molar-refractivity contribution in [2.24, 2.45) is 5.10 Å². The molecule has 0 radical (unpaired) electrons. The van der Waals surface area contributed by atoms with Crippen LogP contribution < -0.4 is 15.5 Å². The summed E-state index contributed by atoms with van der Waals surface area (Å²) in [7, 11) is 1.64. The Kier molecular flexibility index (Phi) is 5.18. The van der Waals surface area contributed by atoms with Crippen molar-refractivity contribution in [3.63, 3.8) is 0 Å². The topological polar surface area (TPSA) is 72.5 Å². The third kappa shape index (κ3) is 4.22. The Bertz CT molecular complexity index is 1230. The maximum absolute atomic E-state index is 6.20. The molecule has 0 bridgehead atoms. The molecule has 4 rings (SSSR count). The number of rotatable bonds is 4. The molecule has 146 valence electrons. The summed E-state index contributed by atoms with van der Waals surface area (Å²) < 4.78 is 11.3. The molecule has 0 saturated heterocycles. The van der Waals surface area contributed by atoms with Gasteiger partial charge in [-0.1, -0.05) is 11.6 Å². The quantitative estimate of drug-likeness (QED) is 0.477. The lowest BCUT2D eigenvalue weighted by atomic mass is 10.1. The summed E-state index contributed by atoms with van der Waals surface area (Å²) >= 11 is 6.20. The van der Waals surface area contributed by atoms with E-state index in [2.05, 4.69) is 20.5 Å². The normalized spacial score (nSPS) is 11.7. The van der Waals surface area contributed by atoms with Gasteiger partial charge in [0.1, 0.15) is 17.1 Å². The number of methoxy groups -OCH3 is 1. The van der Waals surface area contributed by atoms with Gasteiger partial charge >= 0.3 is 0 Å². The van der Waals surface area contributed by atoms with Crippen LogP contribution in [0, 0.1) is 13.8 Å². The van der Waals surface area contributed by atoms with E-state index in [0.29, 0.717) is 27.7 Å². The number of hydrogen-bond donors (Lipinski definition) is 1. The Labute approximate surface area is 172 Å². The van der Waals surface area contributed by atoms with Gasteiger partial charge in [-0.25, -0.2) is 15.4 Å². The highest BCUT2D eigenvalue weighted by Crippen LogP contribution is 2.25. The fourth-order valence-electron chi connectivity index (χ4n) is 3.02. The van der Waals surface area contributed by atoms with Crippen LogP contribution in [0.15, 0.2) is 64.1 Å². The molecule has 4 aromatic rings. The third-order valence-electron chi connectivity index (χ3n) is 4.34. The summed E-state index contributed by atoms with van der Waals surface area (Å²) in [6, 6.07) is 16.8. The molecule has 0 fully saturated rings. The summed E-state index contributed by atoms with van der Waals surface area (Å²) in [6.07, 6.45) is 0. The van der Waals surface area contributed by atoms with Gasteiger partial charge in [-0.15, -0.1) is 0 Å². The molecule has 0 atom stereocenters. The van der Waals surface area contributed by atoms with Crippen LogP contribution in [0.4, 0.5) is 5.95 Å². The molecule has 1 N–H and O–H groups in total. The molecule has 0 unspecified atom stereocenters. The zero-order chi connectivity index (χ0) is 20.4. The Morgan fingerprint density at radius 1 is 0.966 bits per heavy atom.